The number of rotatable bonds is 5. The van der Waals surface area contributed by atoms with Crippen molar-refractivity contribution in [3.8, 4) is 0 Å². The number of halogens is 2. The van der Waals surface area contributed by atoms with Gasteiger partial charge in [-0.3, -0.25) is 10.1 Å². The van der Waals surface area contributed by atoms with Crippen LogP contribution < -0.4 is 5.32 Å². The first-order chi connectivity index (χ1) is 9.60. The van der Waals surface area contributed by atoms with Crippen molar-refractivity contribution >= 4 is 45.6 Å². The van der Waals surface area contributed by atoms with Crippen molar-refractivity contribution in [3.63, 3.8) is 0 Å². The summed E-state index contributed by atoms with van der Waals surface area (Å²) in [5.41, 5.74) is 0.338. The van der Waals surface area contributed by atoms with Crippen LogP contribution in [0.3, 0.4) is 0 Å². The van der Waals surface area contributed by atoms with Crippen LogP contribution >= 0.6 is 34.5 Å². The van der Waals surface area contributed by atoms with Gasteiger partial charge in [0.25, 0.3) is 5.91 Å². The van der Waals surface area contributed by atoms with E-state index in [4.69, 9.17) is 27.9 Å². The number of aromatic nitrogens is 2. The number of methoxy groups -OCH3 is 1. The van der Waals surface area contributed by atoms with E-state index in [0.29, 0.717) is 33.8 Å². The molecule has 1 heterocycles. The molecule has 0 aliphatic rings. The van der Waals surface area contributed by atoms with Crippen LogP contribution in [0.15, 0.2) is 18.2 Å². The maximum atomic E-state index is 12.0. The zero-order valence-corrected chi connectivity index (χ0v) is 12.8. The second-order valence-electron chi connectivity index (χ2n) is 3.82. The van der Waals surface area contributed by atoms with E-state index in [-0.39, 0.29) is 5.91 Å². The van der Waals surface area contributed by atoms with Gasteiger partial charge in [-0.2, -0.15) is 0 Å². The third-order valence-corrected chi connectivity index (χ3v) is 3.83. The summed E-state index contributed by atoms with van der Waals surface area (Å²) in [7, 11) is 1.62. The van der Waals surface area contributed by atoms with Gasteiger partial charge in [-0.15, -0.1) is 10.2 Å². The van der Waals surface area contributed by atoms with Crippen LogP contribution in [0.25, 0.3) is 0 Å². The molecule has 0 radical (unpaired) electrons. The summed E-state index contributed by atoms with van der Waals surface area (Å²) in [5.74, 6) is -0.346. The molecule has 1 N–H and O–H groups in total. The van der Waals surface area contributed by atoms with Crippen LogP contribution in [0.1, 0.15) is 15.4 Å². The van der Waals surface area contributed by atoms with Gasteiger partial charge >= 0.3 is 0 Å². The third-order valence-electron chi connectivity index (χ3n) is 2.38. The molecule has 0 fully saturated rings. The number of hydrogen-bond acceptors (Lipinski definition) is 5. The van der Waals surface area contributed by atoms with Crippen molar-refractivity contribution in [1.82, 2.24) is 10.2 Å². The second-order valence-corrected chi connectivity index (χ2v) is 5.73. The van der Waals surface area contributed by atoms with Gasteiger partial charge in [0.1, 0.15) is 5.01 Å². The molecular weight excluding hydrogens is 321 g/mol. The zero-order valence-electron chi connectivity index (χ0n) is 10.5. The Morgan fingerprint density at radius 1 is 1.40 bits per heavy atom. The molecule has 8 heteroatoms. The van der Waals surface area contributed by atoms with Crippen LogP contribution in [0.2, 0.25) is 10.0 Å². The van der Waals surface area contributed by atoms with E-state index >= 15 is 0 Å². The molecule has 1 amide bonds. The molecule has 20 heavy (non-hydrogen) atoms. The molecule has 0 unspecified atom stereocenters. The van der Waals surface area contributed by atoms with Crippen molar-refractivity contribution in [3.05, 3.63) is 38.8 Å². The van der Waals surface area contributed by atoms with E-state index in [1.54, 1.807) is 19.2 Å². The highest BCUT2D eigenvalue weighted by molar-refractivity contribution is 7.15. The molecule has 0 atom stereocenters. The van der Waals surface area contributed by atoms with Gasteiger partial charge < -0.3 is 4.74 Å². The SMILES string of the molecule is COCCc1nnc(NC(=O)c2ccc(Cl)cc2Cl)s1. The highest BCUT2D eigenvalue weighted by Crippen LogP contribution is 2.23. The predicted molar refractivity (Wildman–Crippen MR) is 79.9 cm³/mol. The topological polar surface area (TPSA) is 64.1 Å². The number of nitrogens with zero attached hydrogens (tertiary/aromatic N) is 2. The molecule has 2 aromatic rings. The van der Waals surface area contributed by atoms with Crippen molar-refractivity contribution in [2.45, 2.75) is 6.42 Å². The highest BCUT2D eigenvalue weighted by atomic mass is 35.5. The lowest BCUT2D eigenvalue weighted by atomic mass is 10.2. The first-order valence-electron chi connectivity index (χ1n) is 5.68. The minimum Gasteiger partial charge on any atom is -0.384 e. The summed E-state index contributed by atoms with van der Waals surface area (Å²) in [5, 5.41) is 12.5. The first-order valence-corrected chi connectivity index (χ1v) is 7.25. The summed E-state index contributed by atoms with van der Waals surface area (Å²) in [6.45, 7) is 0.561. The Hall–Kier alpha value is -1.21. The minimum atomic E-state index is -0.346. The molecule has 0 saturated carbocycles. The van der Waals surface area contributed by atoms with E-state index in [0.717, 1.165) is 5.01 Å². The smallest absolute Gasteiger partial charge is 0.259 e. The average molecular weight is 332 g/mol. The van der Waals surface area contributed by atoms with E-state index in [1.165, 1.54) is 17.4 Å². The van der Waals surface area contributed by atoms with Gasteiger partial charge in [0, 0.05) is 18.6 Å². The van der Waals surface area contributed by atoms with Crippen LogP contribution in [-0.2, 0) is 11.2 Å². The fourth-order valence-corrected chi connectivity index (χ4v) is 2.64. The van der Waals surface area contributed by atoms with Gasteiger partial charge in [-0.25, -0.2) is 0 Å². The standard InChI is InChI=1S/C12H11Cl2N3O2S/c1-19-5-4-10-16-17-12(20-10)15-11(18)8-3-2-7(13)6-9(8)14/h2-3,6H,4-5H2,1H3,(H,15,17,18). The van der Waals surface area contributed by atoms with E-state index in [1.807, 2.05) is 0 Å². The van der Waals surface area contributed by atoms with Gasteiger partial charge in [-0.05, 0) is 18.2 Å². The lowest BCUT2D eigenvalue weighted by Gasteiger charge is -2.03. The normalized spacial score (nSPS) is 10.6. The molecule has 0 aliphatic carbocycles. The van der Waals surface area contributed by atoms with Crippen LogP contribution in [0, 0.1) is 0 Å². The van der Waals surface area contributed by atoms with Crippen molar-refractivity contribution in [2.75, 3.05) is 19.0 Å². The summed E-state index contributed by atoms with van der Waals surface area (Å²) < 4.78 is 4.95. The number of amides is 1. The Bertz CT molecular complexity index is 618. The molecule has 2 rings (SSSR count). The summed E-state index contributed by atoms with van der Waals surface area (Å²) in [6, 6.07) is 4.68. The van der Waals surface area contributed by atoms with Crippen molar-refractivity contribution < 1.29 is 9.53 Å². The molecule has 0 saturated heterocycles. The average Bonchev–Trinajstić information content (AvgIpc) is 2.83. The van der Waals surface area contributed by atoms with Crippen molar-refractivity contribution in [2.24, 2.45) is 0 Å². The van der Waals surface area contributed by atoms with Crippen LogP contribution in [0.5, 0.6) is 0 Å². The van der Waals surface area contributed by atoms with E-state index in [9.17, 15) is 4.79 Å². The van der Waals surface area contributed by atoms with E-state index < -0.39 is 0 Å². The molecule has 5 nitrogen and oxygen atoms in total. The predicted octanol–water partition coefficient (Wildman–Crippen LogP) is 3.29. The maximum Gasteiger partial charge on any atom is 0.259 e. The van der Waals surface area contributed by atoms with Gasteiger partial charge in [0.05, 0.1) is 17.2 Å². The quantitative estimate of drug-likeness (QED) is 0.913. The third kappa shape index (κ3) is 3.89. The van der Waals surface area contributed by atoms with Crippen LogP contribution in [0.4, 0.5) is 5.13 Å². The van der Waals surface area contributed by atoms with Gasteiger partial charge in [-0.1, -0.05) is 34.5 Å². The summed E-state index contributed by atoms with van der Waals surface area (Å²) >= 11 is 13.1. The van der Waals surface area contributed by atoms with E-state index in [2.05, 4.69) is 15.5 Å². The fraction of sp³-hybridized carbons (Fsp3) is 0.250. The molecule has 1 aromatic heterocycles. The Morgan fingerprint density at radius 2 is 2.20 bits per heavy atom. The Balaban J connectivity index is 2.05. The largest absolute Gasteiger partial charge is 0.384 e. The lowest BCUT2D eigenvalue weighted by molar-refractivity contribution is 0.102. The number of nitrogens with one attached hydrogen (secondary N) is 1. The fourth-order valence-electron chi connectivity index (χ4n) is 1.43. The monoisotopic (exact) mass is 331 g/mol. The molecule has 106 valence electrons. The number of benzene rings is 1. The molecule has 0 spiro atoms. The number of ether oxygens (including phenoxy) is 1. The number of carbonyl (C=O) groups excluding carboxylic acids is 1. The maximum absolute atomic E-state index is 12.0. The number of carbonyl (C=O) groups is 1. The Kier molecular flexibility index (Phi) is 5.31. The summed E-state index contributed by atoms with van der Waals surface area (Å²) in [4.78, 5) is 12.0. The Labute approximate surface area is 129 Å². The number of anilines is 1. The number of hydrogen-bond donors (Lipinski definition) is 1. The second kappa shape index (κ2) is 6.99. The van der Waals surface area contributed by atoms with Gasteiger partial charge in [0.15, 0.2) is 0 Å². The first kappa shape index (κ1) is 15.2. The Morgan fingerprint density at radius 3 is 2.90 bits per heavy atom. The molecular formula is C12H11Cl2N3O2S. The minimum absolute atomic E-state index is 0.291. The highest BCUT2D eigenvalue weighted by Gasteiger charge is 2.13. The summed E-state index contributed by atoms with van der Waals surface area (Å²) in [6.07, 6.45) is 0.658. The molecule has 0 aliphatic heterocycles. The lowest BCUT2D eigenvalue weighted by Crippen LogP contribution is -2.12. The van der Waals surface area contributed by atoms with Crippen LogP contribution in [-0.4, -0.2) is 29.8 Å². The molecule has 0 bridgehead atoms. The van der Waals surface area contributed by atoms with Crippen molar-refractivity contribution in [1.29, 1.82) is 0 Å². The molecule has 1 aromatic carbocycles. The zero-order chi connectivity index (χ0) is 14.5. The van der Waals surface area contributed by atoms with Gasteiger partial charge in [0.2, 0.25) is 5.13 Å².